The Bertz CT molecular complexity index is 571. The molecule has 1 aromatic carbocycles. The van der Waals surface area contributed by atoms with E-state index in [1.54, 1.807) is 0 Å². The zero-order valence-electron chi connectivity index (χ0n) is 12.7. The van der Waals surface area contributed by atoms with E-state index < -0.39 is 0 Å². The molecule has 5 nitrogen and oxygen atoms in total. The van der Waals surface area contributed by atoms with Gasteiger partial charge in [-0.3, -0.25) is 0 Å². The number of para-hydroxylation sites is 1. The summed E-state index contributed by atoms with van der Waals surface area (Å²) in [7, 11) is 0. The molecule has 0 radical (unpaired) electrons. The first-order valence-corrected chi connectivity index (χ1v) is 7.28. The second-order valence-electron chi connectivity index (χ2n) is 5.44. The Morgan fingerprint density at radius 2 is 2.10 bits per heavy atom. The van der Waals surface area contributed by atoms with Gasteiger partial charge in [-0.2, -0.15) is 5.10 Å². The highest BCUT2D eigenvalue weighted by atomic mass is 15.3. The van der Waals surface area contributed by atoms with Crippen LogP contribution in [0.1, 0.15) is 25.8 Å². The van der Waals surface area contributed by atoms with Crippen LogP contribution in [0, 0.1) is 5.92 Å². The molecule has 2 rings (SSSR count). The fraction of sp³-hybridized carbons (Fsp3) is 0.375. The standard InChI is InChI=1S/C16H23N5/c1-13(2)8-9-18-16(17)19-10-14-11-20-21(12-14)15-6-4-3-5-7-15/h3-7,11-13H,8-10H2,1-2H3,(H3,17,18,19). The predicted molar refractivity (Wildman–Crippen MR) is 86.3 cm³/mol. The van der Waals surface area contributed by atoms with Crippen LogP contribution in [-0.2, 0) is 6.54 Å². The number of hydrogen-bond acceptors (Lipinski definition) is 2. The highest BCUT2D eigenvalue weighted by molar-refractivity contribution is 5.77. The van der Waals surface area contributed by atoms with Gasteiger partial charge in [-0.05, 0) is 24.5 Å². The molecule has 0 atom stereocenters. The molecule has 0 saturated carbocycles. The van der Waals surface area contributed by atoms with Crippen LogP contribution in [0.15, 0.2) is 47.7 Å². The summed E-state index contributed by atoms with van der Waals surface area (Å²) in [5.74, 6) is 1.15. The summed E-state index contributed by atoms with van der Waals surface area (Å²) in [4.78, 5) is 4.33. The molecule has 21 heavy (non-hydrogen) atoms. The number of aromatic nitrogens is 2. The predicted octanol–water partition coefficient (Wildman–Crippen LogP) is 2.32. The van der Waals surface area contributed by atoms with E-state index in [1.165, 1.54) is 0 Å². The molecule has 0 aliphatic heterocycles. The highest BCUT2D eigenvalue weighted by Gasteiger charge is 2.00. The number of nitrogens with two attached hydrogens (primary N) is 1. The lowest BCUT2D eigenvalue weighted by Crippen LogP contribution is -2.32. The van der Waals surface area contributed by atoms with Gasteiger partial charge in [0.25, 0.3) is 0 Å². The minimum absolute atomic E-state index is 0.489. The van der Waals surface area contributed by atoms with Gasteiger partial charge in [0.05, 0.1) is 18.4 Å². The second-order valence-corrected chi connectivity index (χ2v) is 5.44. The normalized spacial score (nSPS) is 11.9. The van der Waals surface area contributed by atoms with Crippen molar-refractivity contribution in [1.29, 1.82) is 0 Å². The summed E-state index contributed by atoms with van der Waals surface area (Å²) in [5, 5.41) is 7.46. The van der Waals surface area contributed by atoms with Crippen molar-refractivity contribution in [3.63, 3.8) is 0 Å². The summed E-state index contributed by atoms with van der Waals surface area (Å²) >= 11 is 0. The fourth-order valence-electron chi connectivity index (χ4n) is 1.88. The van der Waals surface area contributed by atoms with Crippen LogP contribution in [0.2, 0.25) is 0 Å². The van der Waals surface area contributed by atoms with Crippen LogP contribution in [0.25, 0.3) is 5.69 Å². The third-order valence-electron chi connectivity index (χ3n) is 3.12. The molecule has 0 amide bonds. The number of nitrogens with one attached hydrogen (secondary N) is 1. The first kappa shape index (κ1) is 15.1. The molecule has 0 spiro atoms. The Morgan fingerprint density at radius 3 is 2.81 bits per heavy atom. The van der Waals surface area contributed by atoms with Crippen LogP contribution >= 0.6 is 0 Å². The molecule has 3 N–H and O–H groups in total. The largest absolute Gasteiger partial charge is 0.370 e. The molecular formula is C16H23N5. The smallest absolute Gasteiger partial charge is 0.188 e. The van der Waals surface area contributed by atoms with Crippen LogP contribution in [-0.4, -0.2) is 22.3 Å². The van der Waals surface area contributed by atoms with Gasteiger partial charge in [0, 0.05) is 18.3 Å². The fourth-order valence-corrected chi connectivity index (χ4v) is 1.88. The molecule has 0 fully saturated rings. The number of benzene rings is 1. The molecule has 0 saturated heterocycles. The van der Waals surface area contributed by atoms with E-state index in [9.17, 15) is 0 Å². The summed E-state index contributed by atoms with van der Waals surface area (Å²) < 4.78 is 1.84. The maximum absolute atomic E-state index is 5.84. The number of guanidine groups is 1. The van der Waals surface area contributed by atoms with Crippen molar-refractivity contribution in [3.8, 4) is 5.69 Å². The van der Waals surface area contributed by atoms with E-state index >= 15 is 0 Å². The molecule has 1 heterocycles. The van der Waals surface area contributed by atoms with Crippen LogP contribution in [0.3, 0.4) is 0 Å². The van der Waals surface area contributed by atoms with Crippen molar-refractivity contribution in [2.45, 2.75) is 26.8 Å². The van der Waals surface area contributed by atoms with Crippen LogP contribution in [0.5, 0.6) is 0 Å². The third-order valence-corrected chi connectivity index (χ3v) is 3.12. The molecule has 0 unspecified atom stereocenters. The number of nitrogens with zero attached hydrogens (tertiary/aromatic N) is 3. The van der Waals surface area contributed by atoms with Gasteiger partial charge >= 0.3 is 0 Å². The van der Waals surface area contributed by atoms with Crippen molar-refractivity contribution in [2.24, 2.45) is 16.6 Å². The Labute approximate surface area is 125 Å². The van der Waals surface area contributed by atoms with Crippen LogP contribution in [0.4, 0.5) is 0 Å². The van der Waals surface area contributed by atoms with Gasteiger partial charge < -0.3 is 11.1 Å². The Kier molecular flexibility index (Phi) is 5.37. The zero-order chi connectivity index (χ0) is 15.1. The third kappa shape index (κ3) is 4.95. The Balaban J connectivity index is 1.88. The van der Waals surface area contributed by atoms with Crippen molar-refractivity contribution in [1.82, 2.24) is 15.1 Å². The van der Waals surface area contributed by atoms with Crippen molar-refractivity contribution < 1.29 is 0 Å². The maximum atomic E-state index is 5.84. The van der Waals surface area contributed by atoms with Crippen LogP contribution < -0.4 is 11.1 Å². The van der Waals surface area contributed by atoms with Gasteiger partial charge in [-0.15, -0.1) is 0 Å². The Morgan fingerprint density at radius 1 is 1.33 bits per heavy atom. The number of hydrogen-bond donors (Lipinski definition) is 2. The second kappa shape index (κ2) is 7.47. The van der Waals surface area contributed by atoms with E-state index in [0.29, 0.717) is 18.4 Å². The Hall–Kier alpha value is -2.30. The monoisotopic (exact) mass is 285 g/mol. The van der Waals surface area contributed by atoms with E-state index in [4.69, 9.17) is 5.73 Å². The minimum atomic E-state index is 0.489. The molecule has 0 bridgehead atoms. The van der Waals surface area contributed by atoms with Gasteiger partial charge in [0.1, 0.15) is 0 Å². The summed E-state index contributed by atoms with van der Waals surface area (Å²) in [6.45, 7) is 5.77. The van der Waals surface area contributed by atoms with Crippen molar-refractivity contribution in [3.05, 3.63) is 48.3 Å². The molecule has 0 aliphatic carbocycles. The molecular weight excluding hydrogens is 262 g/mol. The highest BCUT2D eigenvalue weighted by Crippen LogP contribution is 2.08. The lowest BCUT2D eigenvalue weighted by atomic mass is 10.1. The first-order chi connectivity index (χ1) is 10.1. The average Bonchev–Trinajstić information content (AvgIpc) is 2.94. The maximum Gasteiger partial charge on any atom is 0.188 e. The number of rotatable bonds is 6. The quantitative estimate of drug-likeness (QED) is 0.632. The molecule has 0 aliphatic rings. The van der Waals surface area contributed by atoms with E-state index in [-0.39, 0.29) is 0 Å². The molecule has 2 aromatic rings. The van der Waals surface area contributed by atoms with Gasteiger partial charge in [0.2, 0.25) is 0 Å². The first-order valence-electron chi connectivity index (χ1n) is 7.28. The van der Waals surface area contributed by atoms with Gasteiger partial charge in [-0.25, -0.2) is 9.67 Å². The summed E-state index contributed by atoms with van der Waals surface area (Å²) in [6.07, 6.45) is 4.88. The van der Waals surface area contributed by atoms with E-state index in [1.807, 2.05) is 47.4 Å². The van der Waals surface area contributed by atoms with E-state index in [0.717, 1.165) is 24.2 Å². The molecule has 112 valence electrons. The van der Waals surface area contributed by atoms with E-state index in [2.05, 4.69) is 29.3 Å². The zero-order valence-corrected chi connectivity index (χ0v) is 12.7. The SMILES string of the molecule is CC(C)CCNC(N)=NCc1cnn(-c2ccccc2)c1. The summed E-state index contributed by atoms with van der Waals surface area (Å²) in [5.41, 5.74) is 7.91. The topological polar surface area (TPSA) is 68.2 Å². The average molecular weight is 285 g/mol. The summed E-state index contributed by atoms with van der Waals surface area (Å²) in [6, 6.07) is 10.0. The minimum Gasteiger partial charge on any atom is -0.370 e. The lowest BCUT2D eigenvalue weighted by Gasteiger charge is -2.07. The van der Waals surface area contributed by atoms with Crippen molar-refractivity contribution >= 4 is 5.96 Å². The number of aliphatic imine (C=N–C) groups is 1. The van der Waals surface area contributed by atoms with Gasteiger partial charge in [0.15, 0.2) is 5.96 Å². The van der Waals surface area contributed by atoms with Crippen molar-refractivity contribution in [2.75, 3.05) is 6.54 Å². The lowest BCUT2D eigenvalue weighted by molar-refractivity contribution is 0.576. The molecule has 5 heteroatoms. The molecule has 1 aromatic heterocycles. The van der Waals surface area contributed by atoms with Gasteiger partial charge in [-0.1, -0.05) is 32.0 Å².